The molecule has 0 radical (unpaired) electrons. The molecule has 1 saturated carbocycles. The summed E-state index contributed by atoms with van der Waals surface area (Å²) in [5, 5.41) is 0. The second-order valence-corrected chi connectivity index (χ2v) is 5.48. The maximum Gasteiger partial charge on any atom is 0.237 e. The van der Waals surface area contributed by atoms with E-state index in [4.69, 9.17) is 10.5 Å². The first kappa shape index (κ1) is 12.3. The number of nitrogens with two attached hydrogens (primary N) is 1. The smallest absolute Gasteiger partial charge is 0.237 e. The first-order valence-electron chi connectivity index (χ1n) is 6.16. The average molecular weight is 235 g/mol. The standard InChI is InChI=1S/C13H21N3O/c1-12(2)6-4-5-7-13(12,14)10-11(17-3)16-9-8-15-10/h8-9H,4-7,14H2,1-3H3. The lowest BCUT2D eigenvalue weighted by atomic mass is 9.62. The van der Waals surface area contributed by atoms with Crippen molar-refractivity contribution in [3.63, 3.8) is 0 Å². The van der Waals surface area contributed by atoms with Gasteiger partial charge in [-0.2, -0.15) is 0 Å². The van der Waals surface area contributed by atoms with Crippen molar-refractivity contribution >= 4 is 0 Å². The van der Waals surface area contributed by atoms with Crippen molar-refractivity contribution in [3.8, 4) is 5.88 Å². The van der Waals surface area contributed by atoms with Gasteiger partial charge in [-0.25, -0.2) is 4.98 Å². The van der Waals surface area contributed by atoms with Crippen molar-refractivity contribution in [2.45, 2.75) is 45.1 Å². The molecule has 1 aliphatic carbocycles. The van der Waals surface area contributed by atoms with Crippen LogP contribution in [-0.4, -0.2) is 17.1 Å². The van der Waals surface area contributed by atoms with Gasteiger partial charge in [-0.1, -0.05) is 26.7 Å². The third-order valence-electron chi connectivity index (χ3n) is 4.11. The van der Waals surface area contributed by atoms with Gasteiger partial charge in [0.15, 0.2) is 0 Å². The van der Waals surface area contributed by atoms with E-state index in [-0.39, 0.29) is 5.41 Å². The molecule has 0 bridgehead atoms. The van der Waals surface area contributed by atoms with E-state index < -0.39 is 5.54 Å². The van der Waals surface area contributed by atoms with Crippen LogP contribution in [0, 0.1) is 5.41 Å². The predicted octanol–water partition coefficient (Wildman–Crippen LogP) is 2.24. The fourth-order valence-corrected chi connectivity index (χ4v) is 2.75. The van der Waals surface area contributed by atoms with E-state index in [1.165, 1.54) is 6.42 Å². The first-order valence-corrected chi connectivity index (χ1v) is 6.16. The van der Waals surface area contributed by atoms with E-state index >= 15 is 0 Å². The van der Waals surface area contributed by atoms with Gasteiger partial charge in [0.05, 0.1) is 12.6 Å². The monoisotopic (exact) mass is 235 g/mol. The maximum absolute atomic E-state index is 6.65. The Bertz CT molecular complexity index is 405. The molecule has 4 nitrogen and oxygen atoms in total. The Morgan fingerprint density at radius 1 is 1.18 bits per heavy atom. The van der Waals surface area contributed by atoms with Crippen LogP contribution < -0.4 is 10.5 Å². The van der Waals surface area contributed by atoms with Gasteiger partial charge in [-0.15, -0.1) is 0 Å². The van der Waals surface area contributed by atoms with E-state index in [1.54, 1.807) is 19.5 Å². The minimum Gasteiger partial charge on any atom is -0.480 e. The molecule has 4 heteroatoms. The summed E-state index contributed by atoms with van der Waals surface area (Å²) in [6.45, 7) is 4.42. The number of rotatable bonds is 2. The summed E-state index contributed by atoms with van der Waals surface area (Å²) in [6.07, 6.45) is 7.76. The average Bonchev–Trinajstić information content (AvgIpc) is 2.33. The second kappa shape index (κ2) is 4.26. The van der Waals surface area contributed by atoms with Crippen molar-refractivity contribution in [3.05, 3.63) is 18.1 Å². The molecule has 1 fully saturated rings. The zero-order valence-electron chi connectivity index (χ0n) is 10.9. The topological polar surface area (TPSA) is 61.0 Å². The molecule has 1 atom stereocenters. The number of hydrogen-bond donors (Lipinski definition) is 1. The summed E-state index contributed by atoms with van der Waals surface area (Å²) in [5.74, 6) is 0.560. The summed E-state index contributed by atoms with van der Waals surface area (Å²) in [6, 6.07) is 0. The maximum atomic E-state index is 6.65. The van der Waals surface area contributed by atoms with E-state index in [0.29, 0.717) is 5.88 Å². The van der Waals surface area contributed by atoms with Gasteiger partial charge in [-0.05, 0) is 18.3 Å². The predicted molar refractivity (Wildman–Crippen MR) is 66.7 cm³/mol. The van der Waals surface area contributed by atoms with Gasteiger partial charge >= 0.3 is 0 Å². The van der Waals surface area contributed by atoms with Crippen LogP contribution in [0.25, 0.3) is 0 Å². The Balaban J connectivity index is 2.49. The van der Waals surface area contributed by atoms with Crippen LogP contribution in [0.3, 0.4) is 0 Å². The normalized spacial score (nSPS) is 27.8. The molecule has 1 aromatic heterocycles. The number of aromatic nitrogens is 2. The molecule has 94 valence electrons. The Morgan fingerprint density at radius 3 is 2.47 bits per heavy atom. The fraction of sp³-hybridized carbons (Fsp3) is 0.692. The molecular weight excluding hydrogens is 214 g/mol. The summed E-state index contributed by atoms with van der Waals surface area (Å²) < 4.78 is 5.30. The zero-order chi connectivity index (χ0) is 12.5. The highest BCUT2D eigenvalue weighted by Crippen LogP contribution is 2.49. The molecule has 0 spiro atoms. The van der Waals surface area contributed by atoms with Crippen LogP contribution in [0.1, 0.15) is 45.2 Å². The largest absolute Gasteiger partial charge is 0.480 e. The molecule has 0 saturated heterocycles. The van der Waals surface area contributed by atoms with Crippen LogP contribution in [-0.2, 0) is 5.54 Å². The van der Waals surface area contributed by atoms with E-state index in [9.17, 15) is 0 Å². The van der Waals surface area contributed by atoms with Gasteiger partial charge in [0.2, 0.25) is 5.88 Å². The SMILES string of the molecule is COc1nccnc1C1(N)CCCCC1(C)C. The number of ether oxygens (including phenoxy) is 1. The molecule has 0 aliphatic heterocycles. The van der Waals surface area contributed by atoms with E-state index in [0.717, 1.165) is 25.0 Å². The van der Waals surface area contributed by atoms with Gasteiger partial charge in [0.25, 0.3) is 0 Å². The summed E-state index contributed by atoms with van der Waals surface area (Å²) in [7, 11) is 1.62. The first-order chi connectivity index (χ1) is 8.01. The molecule has 0 aromatic carbocycles. The Morgan fingerprint density at radius 2 is 1.82 bits per heavy atom. The number of methoxy groups -OCH3 is 1. The zero-order valence-corrected chi connectivity index (χ0v) is 10.9. The molecular formula is C13H21N3O. The third-order valence-corrected chi connectivity index (χ3v) is 4.11. The Kier molecular flexibility index (Phi) is 3.08. The van der Waals surface area contributed by atoms with Crippen LogP contribution in [0.5, 0.6) is 5.88 Å². The van der Waals surface area contributed by atoms with Crippen LogP contribution >= 0.6 is 0 Å². The second-order valence-electron chi connectivity index (χ2n) is 5.48. The van der Waals surface area contributed by atoms with E-state index in [2.05, 4.69) is 23.8 Å². The summed E-state index contributed by atoms with van der Waals surface area (Å²) >= 11 is 0. The van der Waals surface area contributed by atoms with Crippen LogP contribution in [0.15, 0.2) is 12.4 Å². The van der Waals surface area contributed by atoms with Crippen molar-refractivity contribution in [2.75, 3.05) is 7.11 Å². The summed E-state index contributed by atoms with van der Waals surface area (Å²) in [4.78, 5) is 8.65. The lowest BCUT2D eigenvalue weighted by Gasteiger charge is -2.47. The summed E-state index contributed by atoms with van der Waals surface area (Å²) in [5.41, 5.74) is 7.03. The van der Waals surface area contributed by atoms with Gasteiger partial charge in [-0.3, -0.25) is 4.98 Å². The minimum absolute atomic E-state index is 0.0224. The molecule has 2 rings (SSSR count). The minimum atomic E-state index is -0.440. The van der Waals surface area contributed by atoms with Gasteiger partial charge in [0.1, 0.15) is 5.69 Å². The third kappa shape index (κ3) is 1.90. The molecule has 1 unspecified atom stereocenters. The molecule has 1 heterocycles. The Labute approximate surface area is 103 Å². The number of hydrogen-bond acceptors (Lipinski definition) is 4. The lowest BCUT2D eigenvalue weighted by Crippen LogP contribution is -2.52. The number of nitrogens with zero attached hydrogens (tertiary/aromatic N) is 2. The van der Waals surface area contributed by atoms with Crippen LogP contribution in [0.2, 0.25) is 0 Å². The van der Waals surface area contributed by atoms with Crippen molar-refractivity contribution in [2.24, 2.45) is 11.1 Å². The van der Waals surface area contributed by atoms with Crippen LogP contribution in [0.4, 0.5) is 0 Å². The van der Waals surface area contributed by atoms with Gasteiger partial charge in [0, 0.05) is 12.4 Å². The lowest BCUT2D eigenvalue weighted by molar-refractivity contribution is 0.0902. The molecule has 1 aromatic rings. The molecule has 1 aliphatic rings. The highest BCUT2D eigenvalue weighted by Gasteiger charge is 2.47. The van der Waals surface area contributed by atoms with Gasteiger partial charge < -0.3 is 10.5 Å². The van der Waals surface area contributed by atoms with Crippen molar-refractivity contribution < 1.29 is 4.74 Å². The molecule has 0 amide bonds. The van der Waals surface area contributed by atoms with Crippen molar-refractivity contribution in [1.82, 2.24) is 9.97 Å². The highest BCUT2D eigenvalue weighted by molar-refractivity contribution is 5.29. The quantitative estimate of drug-likeness (QED) is 0.854. The Hall–Kier alpha value is -1.16. The molecule has 2 N–H and O–H groups in total. The van der Waals surface area contributed by atoms with Crippen molar-refractivity contribution in [1.29, 1.82) is 0 Å². The highest BCUT2D eigenvalue weighted by atomic mass is 16.5. The molecule has 17 heavy (non-hydrogen) atoms. The fourth-order valence-electron chi connectivity index (χ4n) is 2.75. The van der Waals surface area contributed by atoms with E-state index in [1.807, 2.05) is 0 Å².